The van der Waals surface area contributed by atoms with Crippen molar-refractivity contribution < 1.29 is 14.7 Å². The Morgan fingerprint density at radius 3 is 2.41 bits per heavy atom. The molecule has 0 heterocycles. The summed E-state index contributed by atoms with van der Waals surface area (Å²) < 4.78 is 0. The summed E-state index contributed by atoms with van der Waals surface area (Å²) in [5, 5.41) is 11.3. The minimum absolute atomic E-state index is 0.0600. The van der Waals surface area contributed by atoms with E-state index in [1.807, 2.05) is 0 Å². The third kappa shape index (κ3) is 7.74. The van der Waals surface area contributed by atoms with Crippen LogP contribution >= 0.6 is 0 Å². The van der Waals surface area contributed by atoms with Crippen LogP contribution in [0.15, 0.2) is 0 Å². The fraction of sp³-hybridized carbons (Fsp3) is 0.833. The van der Waals surface area contributed by atoms with Gasteiger partial charge in [-0.2, -0.15) is 0 Å². The Bertz CT molecular complexity index is 264. The number of hydrogen-bond acceptors (Lipinski definition) is 3. The van der Waals surface area contributed by atoms with Gasteiger partial charge in [0.2, 0.25) is 5.91 Å². The normalized spacial score (nSPS) is 13.2. The zero-order chi connectivity index (χ0) is 13.5. The van der Waals surface area contributed by atoms with E-state index in [0.29, 0.717) is 13.0 Å². The molecule has 0 aliphatic carbocycles. The zero-order valence-electron chi connectivity index (χ0n) is 11.0. The minimum atomic E-state index is -0.895. The van der Waals surface area contributed by atoms with Crippen LogP contribution in [0.25, 0.3) is 0 Å². The molecule has 5 nitrogen and oxygen atoms in total. The predicted molar refractivity (Wildman–Crippen MR) is 66.5 cm³/mol. The first kappa shape index (κ1) is 15.9. The molecule has 1 unspecified atom stereocenters. The number of rotatable bonds is 8. The van der Waals surface area contributed by atoms with Gasteiger partial charge in [-0.3, -0.25) is 9.59 Å². The highest BCUT2D eigenvalue weighted by Crippen LogP contribution is 2.25. The molecule has 0 aromatic heterocycles. The molecule has 100 valence electrons. The third-order valence-electron chi connectivity index (χ3n) is 2.88. The van der Waals surface area contributed by atoms with Gasteiger partial charge in [-0.05, 0) is 24.8 Å². The van der Waals surface area contributed by atoms with Gasteiger partial charge in [-0.1, -0.05) is 20.8 Å². The number of carbonyl (C=O) groups excluding carboxylic acids is 1. The molecule has 0 aliphatic rings. The Hall–Kier alpha value is -1.10. The highest BCUT2D eigenvalue weighted by molar-refractivity contribution is 5.77. The van der Waals surface area contributed by atoms with Gasteiger partial charge in [0.15, 0.2) is 0 Å². The van der Waals surface area contributed by atoms with E-state index in [1.54, 1.807) is 6.92 Å². The van der Waals surface area contributed by atoms with Crippen molar-refractivity contribution in [2.75, 3.05) is 13.1 Å². The molecule has 0 saturated heterocycles. The molecular weight excluding hydrogens is 220 g/mol. The minimum Gasteiger partial charge on any atom is -0.481 e. The van der Waals surface area contributed by atoms with E-state index >= 15 is 0 Å². The molecule has 1 atom stereocenters. The van der Waals surface area contributed by atoms with Crippen molar-refractivity contribution in [1.82, 2.24) is 5.32 Å². The number of nitrogens with two attached hydrogens (primary N) is 1. The van der Waals surface area contributed by atoms with Gasteiger partial charge >= 0.3 is 5.97 Å². The summed E-state index contributed by atoms with van der Waals surface area (Å²) in [7, 11) is 0. The first-order valence-corrected chi connectivity index (χ1v) is 5.98. The Labute approximate surface area is 103 Å². The van der Waals surface area contributed by atoms with Crippen molar-refractivity contribution in [1.29, 1.82) is 0 Å². The first-order chi connectivity index (χ1) is 7.78. The lowest BCUT2D eigenvalue weighted by Crippen LogP contribution is -2.32. The second-order valence-electron chi connectivity index (χ2n) is 5.25. The average Bonchev–Trinajstić information content (AvgIpc) is 2.22. The SMILES string of the molecule is CC(CNC(=O)CCC(C)(C)CCN)C(=O)O. The number of carboxylic acid groups (broad SMARTS) is 1. The van der Waals surface area contributed by atoms with Gasteiger partial charge in [0.25, 0.3) is 0 Å². The Morgan fingerprint density at radius 1 is 1.35 bits per heavy atom. The lowest BCUT2D eigenvalue weighted by molar-refractivity contribution is -0.141. The quantitative estimate of drug-likeness (QED) is 0.593. The van der Waals surface area contributed by atoms with Gasteiger partial charge in [0.1, 0.15) is 0 Å². The van der Waals surface area contributed by atoms with E-state index in [0.717, 1.165) is 12.8 Å². The Kier molecular flexibility index (Phi) is 6.80. The number of aliphatic carboxylic acids is 1. The molecule has 5 heteroatoms. The average molecular weight is 244 g/mol. The van der Waals surface area contributed by atoms with Gasteiger partial charge in [0.05, 0.1) is 5.92 Å². The monoisotopic (exact) mass is 244 g/mol. The van der Waals surface area contributed by atoms with Crippen molar-refractivity contribution in [3.63, 3.8) is 0 Å². The van der Waals surface area contributed by atoms with Crippen molar-refractivity contribution in [3.05, 3.63) is 0 Å². The van der Waals surface area contributed by atoms with E-state index in [4.69, 9.17) is 10.8 Å². The molecule has 0 radical (unpaired) electrons. The van der Waals surface area contributed by atoms with Crippen LogP contribution in [0.1, 0.15) is 40.0 Å². The summed E-state index contributed by atoms with van der Waals surface area (Å²) in [4.78, 5) is 22.0. The molecule has 0 fully saturated rings. The van der Waals surface area contributed by atoms with Gasteiger partial charge < -0.3 is 16.2 Å². The van der Waals surface area contributed by atoms with Crippen LogP contribution < -0.4 is 11.1 Å². The Morgan fingerprint density at radius 2 is 1.94 bits per heavy atom. The molecule has 0 rings (SSSR count). The molecule has 17 heavy (non-hydrogen) atoms. The standard InChI is InChI=1S/C12H24N2O3/c1-9(11(16)17)8-14-10(15)4-5-12(2,3)6-7-13/h9H,4-8,13H2,1-3H3,(H,14,15)(H,16,17). The van der Waals surface area contributed by atoms with Crippen molar-refractivity contribution >= 4 is 11.9 Å². The summed E-state index contributed by atoms with van der Waals surface area (Å²) in [6.07, 6.45) is 2.06. The van der Waals surface area contributed by atoms with Crippen LogP contribution in [0.4, 0.5) is 0 Å². The molecule has 0 aromatic rings. The molecule has 0 bridgehead atoms. The highest BCUT2D eigenvalue weighted by atomic mass is 16.4. The number of carboxylic acids is 1. The summed E-state index contributed by atoms with van der Waals surface area (Å²) in [5.41, 5.74) is 5.55. The largest absolute Gasteiger partial charge is 0.481 e. The molecule has 0 aromatic carbocycles. The topological polar surface area (TPSA) is 92.4 Å². The Balaban J connectivity index is 3.84. The molecule has 0 saturated carbocycles. The number of amides is 1. The zero-order valence-corrected chi connectivity index (χ0v) is 11.0. The van der Waals surface area contributed by atoms with Crippen LogP contribution in [0.2, 0.25) is 0 Å². The molecular formula is C12H24N2O3. The molecule has 4 N–H and O–H groups in total. The third-order valence-corrected chi connectivity index (χ3v) is 2.88. The lowest BCUT2D eigenvalue weighted by atomic mass is 9.84. The molecule has 0 aliphatic heterocycles. The summed E-state index contributed by atoms with van der Waals surface area (Å²) in [5.74, 6) is -1.53. The van der Waals surface area contributed by atoms with Gasteiger partial charge in [-0.15, -0.1) is 0 Å². The van der Waals surface area contributed by atoms with Crippen LogP contribution in [0.5, 0.6) is 0 Å². The second kappa shape index (κ2) is 7.27. The van der Waals surface area contributed by atoms with Crippen molar-refractivity contribution in [3.8, 4) is 0 Å². The molecule has 0 spiro atoms. The highest BCUT2D eigenvalue weighted by Gasteiger charge is 2.19. The smallest absolute Gasteiger partial charge is 0.308 e. The van der Waals surface area contributed by atoms with Crippen molar-refractivity contribution in [2.24, 2.45) is 17.1 Å². The number of hydrogen-bond donors (Lipinski definition) is 3. The van der Waals surface area contributed by atoms with Crippen LogP contribution in [-0.2, 0) is 9.59 Å². The van der Waals surface area contributed by atoms with E-state index in [1.165, 1.54) is 0 Å². The first-order valence-electron chi connectivity index (χ1n) is 5.98. The fourth-order valence-corrected chi connectivity index (χ4v) is 1.41. The van der Waals surface area contributed by atoms with E-state index in [9.17, 15) is 9.59 Å². The maximum Gasteiger partial charge on any atom is 0.308 e. The lowest BCUT2D eigenvalue weighted by Gasteiger charge is -2.23. The second-order valence-corrected chi connectivity index (χ2v) is 5.25. The van der Waals surface area contributed by atoms with E-state index in [-0.39, 0.29) is 17.9 Å². The number of carbonyl (C=O) groups is 2. The van der Waals surface area contributed by atoms with Crippen LogP contribution in [0.3, 0.4) is 0 Å². The summed E-state index contributed by atoms with van der Waals surface area (Å²) in [6, 6.07) is 0. The predicted octanol–water partition coefficient (Wildman–Crippen LogP) is 0.979. The van der Waals surface area contributed by atoms with E-state index in [2.05, 4.69) is 19.2 Å². The van der Waals surface area contributed by atoms with Gasteiger partial charge in [0, 0.05) is 13.0 Å². The van der Waals surface area contributed by atoms with Crippen LogP contribution in [0, 0.1) is 11.3 Å². The maximum absolute atomic E-state index is 11.5. The molecule has 1 amide bonds. The fourth-order valence-electron chi connectivity index (χ4n) is 1.41. The summed E-state index contributed by atoms with van der Waals surface area (Å²) >= 11 is 0. The summed E-state index contributed by atoms with van der Waals surface area (Å²) in [6.45, 7) is 6.52. The van der Waals surface area contributed by atoms with Gasteiger partial charge in [-0.25, -0.2) is 0 Å². The van der Waals surface area contributed by atoms with E-state index < -0.39 is 11.9 Å². The van der Waals surface area contributed by atoms with Crippen LogP contribution in [-0.4, -0.2) is 30.1 Å². The maximum atomic E-state index is 11.5. The number of nitrogens with one attached hydrogen (secondary N) is 1. The van der Waals surface area contributed by atoms with Crippen molar-refractivity contribution in [2.45, 2.75) is 40.0 Å².